The molecule has 0 bridgehead atoms. The molecule has 2 aliphatic rings. The van der Waals surface area contributed by atoms with Crippen molar-refractivity contribution in [1.29, 1.82) is 0 Å². The van der Waals surface area contributed by atoms with E-state index in [4.69, 9.17) is 0 Å². The van der Waals surface area contributed by atoms with E-state index in [-0.39, 0.29) is 11.9 Å². The summed E-state index contributed by atoms with van der Waals surface area (Å²) >= 11 is 0. The number of carbonyl (C=O) groups is 2. The number of benzene rings is 1. The van der Waals surface area contributed by atoms with Gasteiger partial charge < -0.3 is 10.2 Å². The highest BCUT2D eigenvalue weighted by molar-refractivity contribution is 5.97. The minimum absolute atomic E-state index is 0.0691. The van der Waals surface area contributed by atoms with Crippen LogP contribution in [0.5, 0.6) is 0 Å². The van der Waals surface area contributed by atoms with Gasteiger partial charge in [0.05, 0.1) is 0 Å². The van der Waals surface area contributed by atoms with Gasteiger partial charge in [-0.1, -0.05) is 6.92 Å². The number of anilines is 1. The Morgan fingerprint density at radius 1 is 1.32 bits per heavy atom. The lowest BCUT2D eigenvalue weighted by Crippen LogP contribution is -2.33. The highest BCUT2D eigenvalue weighted by Gasteiger charge is 2.27. The van der Waals surface area contributed by atoms with E-state index >= 15 is 0 Å². The molecule has 118 valence electrons. The van der Waals surface area contributed by atoms with Gasteiger partial charge in [0, 0.05) is 37.4 Å². The molecule has 1 aromatic carbocycles. The van der Waals surface area contributed by atoms with Crippen molar-refractivity contribution in [2.24, 2.45) is 5.92 Å². The molecule has 0 spiro atoms. The molecule has 1 aromatic rings. The van der Waals surface area contributed by atoms with Crippen LogP contribution in [0.15, 0.2) is 24.3 Å². The maximum absolute atomic E-state index is 12.6. The minimum atomic E-state index is -0.0691. The Hall–Kier alpha value is -2.04. The van der Waals surface area contributed by atoms with Crippen LogP contribution in [0.2, 0.25) is 0 Å². The first kappa shape index (κ1) is 14.9. The van der Waals surface area contributed by atoms with E-state index in [1.54, 1.807) is 4.90 Å². The molecule has 1 saturated carbocycles. The van der Waals surface area contributed by atoms with Gasteiger partial charge in [0.2, 0.25) is 0 Å². The molecule has 1 aliphatic carbocycles. The van der Waals surface area contributed by atoms with Crippen molar-refractivity contribution in [3.05, 3.63) is 29.8 Å². The molecule has 5 nitrogen and oxygen atoms in total. The van der Waals surface area contributed by atoms with Crippen molar-refractivity contribution in [3.8, 4) is 0 Å². The number of hydrogen-bond acceptors (Lipinski definition) is 2. The number of nitrogens with one attached hydrogen (secondary N) is 1. The van der Waals surface area contributed by atoms with Crippen LogP contribution in [0.1, 0.15) is 36.5 Å². The van der Waals surface area contributed by atoms with Crippen molar-refractivity contribution in [2.45, 2.75) is 26.2 Å². The van der Waals surface area contributed by atoms with Gasteiger partial charge >= 0.3 is 6.03 Å². The van der Waals surface area contributed by atoms with Gasteiger partial charge in [0.15, 0.2) is 0 Å². The van der Waals surface area contributed by atoms with E-state index in [2.05, 4.69) is 12.2 Å². The van der Waals surface area contributed by atoms with Crippen LogP contribution in [0, 0.1) is 5.92 Å². The lowest BCUT2D eigenvalue weighted by atomic mass is 10.1. The number of nitrogens with zero attached hydrogens (tertiary/aromatic N) is 2. The van der Waals surface area contributed by atoms with Crippen LogP contribution < -0.4 is 10.2 Å². The first-order valence-electron chi connectivity index (χ1n) is 8.13. The molecule has 1 N–H and O–H groups in total. The van der Waals surface area contributed by atoms with Gasteiger partial charge in [0.1, 0.15) is 0 Å². The van der Waals surface area contributed by atoms with E-state index in [1.165, 1.54) is 12.8 Å². The summed E-state index contributed by atoms with van der Waals surface area (Å²) in [4.78, 5) is 27.9. The van der Waals surface area contributed by atoms with Gasteiger partial charge in [0.25, 0.3) is 5.91 Å². The predicted octanol–water partition coefficient (Wildman–Crippen LogP) is 2.48. The van der Waals surface area contributed by atoms with E-state index in [0.717, 1.165) is 25.2 Å². The summed E-state index contributed by atoms with van der Waals surface area (Å²) in [6.45, 7) is 5.14. The molecule has 0 unspecified atom stereocenters. The standard InChI is InChI=1S/C17H23N3O2/c1-2-10-19(12-13-3-4-13)16(21)14-5-7-15(8-6-14)20-11-9-18-17(20)22/h5-8,13H,2-4,9-12H2,1H3,(H,18,22). The first-order valence-corrected chi connectivity index (χ1v) is 8.13. The fourth-order valence-corrected chi connectivity index (χ4v) is 2.84. The second-order valence-electron chi connectivity index (χ2n) is 6.12. The molecule has 0 aromatic heterocycles. The summed E-state index contributed by atoms with van der Waals surface area (Å²) in [5, 5.41) is 2.78. The third kappa shape index (κ3) is 3.24. The molecular formula is C17H23N3O2. The second kappa shape index (κ2) is 6.38. The van der Waals surface area contributed by atoms with Crippen molar-refractivity contribution in [3.63, 3.8) is 0 Å². The average molecular weight is 301 g/mol. The van der Waals surface area contributed by atoms with E-state index in [1.807, 2.05) is 29.2 Å². The summed E-state index contributed by atoms with van der Waals surface area (Å²) in [7, 11) is 0. The highest BCUT2D eigenvalue weighted by atomic mass is 16.2. The molecule has 1 aliphatic heterocycles. The largest absolute Gasteiger partial charge is 0.338 e. The fourth-order valence-electron chi connectivity index (χ4n) is 2.84. The molecule has 5 heteroatoms. The minimum Gasteiger partial charge on any atom is -0.338 e. The summed E-state index contributed by atoms with van der Waals surface area (Å²) in [6, 6.07) is 7.32. The average Bonchev–Trinajstić information content (AvgIpc) is 3.25. The molecule has 22 heavy (non-hydrogen) atoms. The maximum Gasteiger partial charge on any atom is 0.321 e. The van der Waals surface area contributed by atoms with Crippen molar-refractivity contribution >= 4 is 17.6 Å². The lowest BCUT2D eigenvalue weighted by molar-refractivity contribution is 0.0747. The maximum atomic E-state index is 12.6. The van der Waals surface area contributed by atoms with Crippen LogP contribution in [0.3, 0.4) is 0 Å². The predicted molar refractivity (Wildman–Crippen MR) is 86.1 cm³/mol. The highest BCUT2D eigenvalue weighted by Crippen LogP contribution is 2.30. The van der Waals surface area contributed by atoms with Gasteiger partial charge in [-0.3, -0.25) is 9.69 Å². The Bertz CT molecular complexity index is 552. The molecule has 0 atom stereocenters. The summed E-state index contributed by atoms with van der Waals surface area (Å²) in [5.74, 6) is 0.800. The van der Waals surface area contributed by atoms with Gasteiger partial charge in [-0.05, 0) is 49.4 Å². The third-order valence-electron chi connectivity index (χ3n) is 4.24. The molecule has 1 heterocycles. The van der Waals surface area contributed by atoms with Crippen LogP contribution >= 0.6 is 0 Å². The Balaban J connectivity index is 1.70. The van der Waals surface area contributed by atoms with E-state index in [0.29, 0.717) is 24.6 Å². The zero-order valence-electron chi connectivity index (χ0n) is 13.0. The Morgan fingerprint density at radius 2 is 2.05 bits per heavy atom. The van der Waals surface area contributed by atoms with Crippen LogP contribution in [-0.2, 0) is 0 Å². The Labute approximate surface area is 131 Å². The number of carbonyl (C=O) groups excluding carboxylic acids is 2. The Morgan fingerprint density at radius 3 is 2.59 bits per heavy atom. The molecule has 3 rings (SSSR count). The fraction of sp³-hybridized carbons (Fsp3) is 0.529. The van der Waals surface area contributed by atoms with Crippen molar-refractivity contribution in [1.82, 2.24) is 10.2 Å². The number of urea groups is 1. The number of hydrogen-bond donors (Lipinski definition) is 1. The molecule has 0 radical (unpaired) electrons. The van der Waals surface area contributed by atoms with Gasteiger partial charge in [-0.15, -0.1) is 0 Å². The van der Waals surface area contributed by atoms with Crippen LogP contribution in [0.4, 0.5) is 10.5 Å². The third-order valence-corrected chi connectivity index (χ3v) is 4.24. The van der Waals surface area contributed by atoms with E-state index < -0.39 is 0 Å². The van der Waals surface area contributed by atoms with E-state index in [9.17, 15) is 9.59 Å². The first-order chi connectivity index (χ1) is 10.7. The topological polar surface area (TPSA) is 52.7 Å². The monoisotopic (exact) mass is 301 g/mol. The molecular weight excluding hydrogens is 278 g/mol. The second-order valence-corrected chi connectivity index (χ2v) is 6.12. The SMILES string of the molecule is CCCN(CC1CC1)C(=O)c1ccc(N2CCNC2=O)cc1. The van der Waals surface area contributed by atoms with Crippen LogP contribution in [-0.4, -0.2) is 43.0 Å². The van der Waals surface area contributed by atoms with Gasteiger partial charge in [-0.2, -0.15) is 0 Å². The molecule has 2 fully saturated rings. The zero-order chi connectivity index (χ0) is 15.5. The molecule has 3 amide bonds. The summed E-state index contributed by atoms with van der Waals surface area (Å²) < 4.78 is 0. The van der Waals surface area contributed by atoms with Crippen LogP contribution in [0.25, 0.3) is 0 Å². The summed E-state index contributed by atoms with van der Waals surface area (Å²) in [5.41, 5.74) is 1.55. The number of rotatable bonds is 6. The van der Waals surface area contributed by atoms with Gasteiger partial charge in [-0.25, -0.2) is 4.79 Å². The molecule has 1 saturated heterocycles. The normalized spacial score (nSPS) is 17.5. The zero-order valence-corrected chi connectivity index (χ0v) is 13.0. The smallest absolute Gasteiger partial charge is 0.321 e. The Kier molecular flexibility index (Phi) is 4.32. The lowest BCUT2D eigenvalue weighted by Gasteiger charge is -2.22. The number of amides is 3. The quantitative estimate of drug-likeness (QED) is 0.877. The van der Waals surface area contributed by atoms with Crippen molar-refractivity contribution in [2.75, 3.05) is 31.1 Å². The van der Waals surface area contributed by atoms with Crippen molar-refractivity contribution < 1.29 is 9.59 Å². The summed E-state index contributed by atoms with van der Waals surface area (Å²) in [6.07, 6.45) is 3.47.